The largest absolute Gasteiger partial charge is 0.497 e. The minimum absolute atomic E-state index is 0.192. The zero-order chi connectivity index (χ0) is 15.9. The second-order valence-electron chi connectivity index (χ2n) is 5.01. The van der Waals surface area contributed by atoms with Crippen molar-refractivity contribution >= 4 is 5.91 Å². The van der Waals surface area contributed by atoms with Crippen molar-refractivity contribution in [3.05, 3.63) is 65.2 Å². The number of hydrogen-bond acceptors (Lipinski definition) is 3. The second-order valence-corrected chi connectivity index (χ2v) is 5.01. The SMILES string of the molecule is COc1cccc(CC(=O)N[C@@H](C#N)c2ccccc2C)c1. The summed E-state index contributed by atoms with van der Waals surface area (Å²) in [5, 5.41) is 12.1. The van der Waals surface area contributed by atoms with Crippen LogP contribution in [0.4, 0.5) is 0 Å². The molecule has 0 bridgehead atoms. The highest BCUT2D eigenvalue weighted by Gasteiger charge is 2.15. The number of hydrogen-bond donors (Lipinski definition) is 1. The summed E-state index contributed by atoms with van der Waals surface area (Å²) in [6.45, 7) is 1.92. The average Bonchev–Trinajstić information content (AvgIpc) is 2.53. The van der Waals surface area contributed by atoms with Gasteiger partial charge in [-0.25, -0.2) is 0 Å². The van der Waals surface area contributed by atoms with Crippen molar-refractivity contribution in [2.24, 2.45) is 0 Å². The number of rotatable bonds is 5. The summed E-state index contributed by atoms with van der Waals surface area (Å²) in [4.78, 5) is 12.2. The van der Waals surface area contributed by atoms with Crippen molar-refractivity contribution in [3.63, 3.8) is 0 Å². The van der Waals surface area contributed by atoms with Crippen molar-refractivity contribution < 1.29 is 9.53 Å². The van der Waals surface area contributed by atoms with Crippen LogP contribution >= 0.6 is 0 Å². The Balaban J connectivity index is 2.07. The molecule has 0 spiro atoms. The number of nitrogens with zero attached hydrogens (tertiary/aromatic N) is 1. The molecule has 1 N–H and O–H groups in total. The van der Waals surface area contributed by atoms with E-state index >= 15 is 0 Å². The summed E-state index contributed by atoms with van der Waals surface area (Å²) in [6.07, 6.45) is 0.210. The van der Waals surface area contributed by atoms with Crippen LogP contribution < -0.4 is 10.1 Å². The van der Waals surface area contributed by atoms with Crippen LogP contribution in [0.3, 0.4) is 0 Å². The number of carbonyl (C=O) groups is 1. The normalized spacial score (nSPS) is 11.3. The van der Waals surface area contributed by atoms with Gasteiger partial charge in [0.15, 0.2) is 0 Å². The van der Waals surface area contributed by atoms with E-state index in [1.807, 2.05) is 55.5 Å². The van der Waals surface area contributed by atoms with E-state index in [0.29, 0.717) is 5.75 Å². The molecule has 4 heteroatoms. The van der Waals surface area contributed by atoms with Gasteiger partial charge in [0.25, 0.3) is 0 Å². The van der Waals surface area contributed by atoms with Gasteiger partial charge in [0.2, 0.25) is 5.91 Å². The van der Waals surface area contributed by atoms with E-state index in [-0.39, 0.29) is 12.3 Å². The molecule has 1 amide bonds. The number of carbonyl (C=O) groups excluding carboxylic acids is 1. The maximum Gasteiger partial charge on any atom is 0.225 e. The predicted molar refractivity (Wildman–Crippen MR) is 84.4 cm³/mol. The first-order valence-corrected chi connectivity index (χ1v) is 7.01. The Bertz CT molecular complexity index is 704. The molecule has 0 aliphatic heterocycles. The summed E-state index contributed by atoms with van der Waals surface area (Å²) in [5.74, 6) is 0.518. The summed E-state index contributed by atoms with van der Waals surface area (Å²) in [6, 6.07) is 16.4. The first-order chi connectivity index (χ1) is 10.6. The fourth-order valence-electron chi connectivity index (χ4n) is 2.27. The molecule has 0 saturated carbocycles. The molecular weight excluding hydrogens is 276 g/mol. The highest BCUT2D eigenvalue weighted by atomic mass is 16.5. The van der Waals surface area contributed by atoms with E-state index in [4.69, 9.17) is 4.74 Å². The van der Waals surface area contributed by atoms with E-state index in [0.717, 1.165) is 16.7 Å². The van der Waals surface area contributed by atoms with Gasteiger partial charge in [0, 0.05) is 0 Å². The Kier molecular flexibility index (Phi) is 5.16. The van der Waals surface area contributed by atoms with Crippen molar-refractivity contribution in [3.8, 4) is 11.8 Å². The number of amides is 1. The molecule has 0 heterocycles. The van der Waals surface area contributed by atoms with E-state index < -0.39 is 6.04 Å². The van der Waals surface area contributed by atoms with Crippen LogP contribution in [0.5, 0.6) is 5.75 Å². The highest BCUT2D eigenvalue weighted by Crippen LogP contribution is 2.17. The van der Waals surface area contributed by atoms with Crippen molar-refractivity contribution in [2.45, 2.75) is 19.4 Å². The maximum absolute atomic E-state index is 12.2. The Morgan fingerprint density at radius 2 is 2.05 bits per heavy atom. The Labute approximate surface area is 130 Å². The van der Waals surface area contributed by atoms with Gasteiger partial charge >= 0.3 is 0 Å². The van der Waals surface area contributed by atoms with Gasteiger partial charge in [-0.1, -0.05) is 36.4 Å². The average molecular weight is 294 g/mol. The molecule has 0 aliphatic rings. The smallest absolute Gasteiger partial charge is 0.225 e. The van der Waals surface area contributed by atoms with Crippen molar-refractivity contribution in [2.75, 3.05) is 7.11 Å². The maximum atomic E-state index is 12.2. The fourth-order valence-corrected chi connectivity index (χ4v) is 2.27. The molecule has 2 aromatic rings. The topological polar surface area (TPSA) is 62.1 Å². The standard InChI is InChI=1S/C18H18N2O2/c1-13-6-3-4-9-16(13)17(12-19)20-18(21)11-14-7-5-8-15(10-14)22-2/h3-10,17H,11H2,1-2H3,(H,20,21)/t17-/m0/s1. The third kappa shape index (κ3) is 3.86. The van der Waals surface area contributed by atoms with Crippen LogP contribution in [-0.4, -0.2) is 13.0 Å². The third-order valence-corrected chi connectivity index (χ3v) is 3.43. The minimum atomic E-state index is -0.640. The highest BCUT2D eigenvalue weighted by molar-refractivity contribution is 5.79. The molecule has 2 aromatic carbocycles. The van der Waals surface area contributed by atoms with Gasteiger partial charge in [-0.3, -0.25) is 4.79 Å². The lowest BCUT2D eigenvalue weighted by Gasteiger charge is -2.14. The summed E-state index contributed by atoms with van der Waals surface area (Å²) >= 11 is 0. The Morgan fingerprint density at radius 3 is 2.73 bits per heavy atom. The van der Waals surface area contributed by atoms with Gasteiger partial charge in [-0.2, -0.15) is 5.26 Å². The molecule has 0 aromatic heterocycles. The van der Waals surface area contributed by atoms with Gasteiger partial charge in [0.05, 0.1) is 19.6 Å². The van der Waals surface area contributed by atoms with Crippen molar-refractivity contribution in [1.82, 2.24) is 5.32 Å². The van der Waals surface area contributed by atoms with E-state index in [9.17, 15) is 10.1 Å². The first kappa shape index (κ1) is 15.6. The number of methoxy groups -OCH3 is 1. The van der Waals surface area contributed by atoms with Gasteiger partial charge < -0.3 is 10.1 Å². The van der Waals surface area contributed by atoms with Gasteiger partial charge in [-0.05, 0) is 35.7 Å². The van der Waals surface area contributed by atoms with Crippen LogP contribution in [0.2, 0.25) is 0 Å². The molecule has 0 saturated heterocycles. The molecule has 0 fully saturated rings. The lowest BCUT2D eigenvalue weighted by atomic mass is 10.0. The molecule has 22 heavy (non-hydrogen) atoms. The molecule has 0 radical (unpaired) electrons. The van der Waals surface area contributed by atoms with Crippen LogP contribution in [0, 0.1) is 18.3 Å². The van der Waals surface area contributed by atoms with E-state index in [1.165, 1.54) is 0 Å². The monoisotopic (exact) mass is 294 g/mol. The third-order valence-electron chi connectivity index (χ3n) is 3.43. The lowest BCUT2D eigenvalue weighted by Crippen LogP contribution is -2.29. The zero-order valence-corrected chi connectivity index (χ0v) is 12.7. The molecule has 1 atom stereocenters. The first-order valence-electron chi connectivity index (χ1n) is 7.01. The number of ether oxygens (including phenoxy) is 1. The number of nitrogens with one attached hydrogen (secondary N) is 1. The summed E-state index contributed by atoms with van der Waals surface area (Å²) in [7, 11) is 1.59. The molecular formula is C18H18N2O2. The number of aryl methyl sites for hydroxylation is 1. The molecule has 112 valence electrons. The molecule has 0 aliphatic carbocycles. The van der Waals surface area contributed by atoms with Gasteiger partial charge in [-0.15, -0.1) is 0 Å². The quantitative estimate of drug-likeness (QED) is 0.922. The zero-order valence-electron chi connectivity index (χ0n) is 12.7. The lowest BCUT2D eigenvalue weighted by molar-refractivity contribution is -0.120. The van der Waals surface area contributed by atoms with Crippen LogP contribution in [-0.2, 0) is 11.2 Å². The van der Waals surface area contributed by atoms with Gasteiger partial charge in [0.1, 0.15) is 11.8 Å². The predicted octanol–water partition coefficient (Wildman–Crippen LogP) is 2.93. The Hall–Kier alpha value is -2.80. The summed E-state index contributed by atoms with van der Waals surface area (Å²) in [5.41, 5.74) is 2.65. The van der Waals surface area contributed by atoms with Crippen LogP contribution in [0.25, 0.3) is 0 Å². The van der Waals surface area contributed by atoms with E-state index in [1.54, 1.807) is 7.11 Å². The Morgan fingerprint density at radius 1 is 1.27 bits per heavy atom. The minimum Gasteiger partial charge on any atom is -0.497 e. The van der Waals surface area contributed by atoms with E-state index in [2.05, 4.69) is 11.4 Å². The molecule has 2 rings (SSSR count). The molecule has 4 nitrogen and oxygen atoms in total. The summed E-state index contributed by atoms with van der Waals surface area (Å²) < 4.78 is 5.14. The number of nitriles is 1. The second kappa shape index (κ2) is 7.28. The van der Waals surface area contributed by atoms with Crippen LogP contribution in [0.1, 0.15) is 22.7 Å². The molecule has 0 unspecified atom stereocenters. The van der Waals surface area contributed by atoms with Crippen LogP contribution in [0.15, 0.2) is 48.5 Å². The fraction of sp³-hybridized carbons (Fsp3) is 0.222. The van der Waals surface area contributed by atoms with Crippen molar-refractivity contribution in [1.29, 1.82) is 5.26 Å². The number of benzene rings is 2.